The van der Waals surface area contributed by atoms with Crippen molar-refractivity contribution in [2.45, 2.75) is 70.1 Å². The zero-order valence-electron chi connectivity index (χ0n) is 26.9. The molecule has 12 heteroatoms. The third-order valence-corrected chi connectivity index (χ3v) is 11.5. The van der Waals surface area contributed by atoms with Crippen LogP contribution in [-0.4, -0.2) is 58.7 Å². The van der Waals surface area contributed by atoms with Crippen molar-refractivity contribution in [1.82, 2.24) is 20.9 Å². The molecule has 11 nitrogen and oxygen atoms in total. The average Bonchev–Trinajstić information content (AvgIpc) is 3.42. The summed E-state index contributed by atoms with van der Waals surface area (Å²) in [6, 6.07) is 16.1. The first-order chi connectivity index (χ1) is 22.5. The van der Waals surface area contributed by atoms with E-state index < -0.39 is 43.2 Å². The van der Waals surface area contributed by atoms with Gasteiger partial charge in [-0.2, -0.15) is 0 Å². The third-order valence-electron chi connectivity index (χ3n) is 10.2. The van der Waals surface area contributed by atoms with Gasteiger partial charge >= 0.3 is 13.7 Å². The Bertz CT molecular complexity index is 1620. The number of amides is 3. The quantitative estimate of drug-likeness (QED) is 0.157. The molecule has 4 fully saturated rings. The monoisotopic (exact) mass is 664 g/mol. The number of rotatable bonds is 13. The highest BCUT2D eigenvalue weighted by Gasteiger charge is 2.50. The van der Waals surface area contributed by atoms with E-state index in [4.69, 9.17) is 9.26 Å². The normalized spacial score (nSPS) is 26.1. The van der Waals surface area contributed by atoms with Crippen LogP contribution >= 0.6 is 7.60 Å². The molecule has 1 unspecified atom stereocenters. The van der Waals surface area contributed by atoms with Crippen LogP contribution in [0.15, 0.2) is 60.8 Å². The van der Waals surface area contributed by atoms with Crippen molar-refractivity contribution in [2.75, 3.05) is 19.3 Å². The molecule has 7 rings (SSSR count). The van der Waals surface area contributed by atoms with E-state index in [-0.39, 0.29) is 25.7 Å². The number of carbonyl (C=O) groups is 3. The fourth-order valence-electron chi connectivity index (χ4n) is 8.28. The Morgan fingerprint density at radius 2 is 1.66 bits per heavy atom. The van der Waals surface area contributed by atoms with Crippen LogP contribution in [0.5, 0.6) is 0 Å². The van der Waals surface area contributed by atoms with Gasteiger partial charge < -0.3 is 35.1 Å². The van der Waals surface area contributed by atoms with Gasteiger partial charge in [0.25, 0.3) is 0 Å². The maximum atomic E-state index is 14.1. The Hall–Kier alpha value is -3.66. The number of fused-ring (bicyclic) bond motifs is 1. The summed E-state index contributed by atoms with van der Waals surface area (Å²) >= 11 is 0. The van der Waals surface area contributed by atoms with Crippen molar-refractivity contribution in [3.63, 3.8) is 0 Å². The van der Waals surface area contributed by atoms with Gasteiger partial charge in [-0.3, -0.25) is 14.2 Å². The van der Waals surface area contributed by atoms with Gasteiger partial charge in [-0.25, -0.2) is 4.79 Å². The molecule has 4 aliphatic carbocycles. The molecule has 2 aromatic carbocycles. The summed E-state index contributed by atoms with van der Waals surface area (Å²) in [7, 11) is -4.12. The lowest BCUT2D eigenvalue weighted by Gasteiger charge is -2.53. The number of alkyl carbamates (subject to hydrolysis) is 1. The molecule has 5 N–H and O–H groups in total. The molecule has 1 heterocycles. The van der Waals surface area contributed by atoms with Gasteiger partial charge in [-0.05, 0) is 86.8 Å². The van der Waals surface area contributed by atoms with E-state index in [1.807, 2.05) is 36.5 Å². The van der Waals surface area contributed by atoms with Crippen LogP contribution in [0, 0.1) is 23.7 Å². The molecule has 3 atom stereocenters. The first-order valence-corrected chi connectivity index (χ1v) is 18.4. The Morgan fingerprint density at radius 1 is 1.00 bits per heavy atom. The number of H-pyrrole nitrogens is 1. The first kappa shape index (κ1) is 33.2. The summed E-state index contributed by atoms with van der Waals surface area (Å²) < 4.78 is 23.3. The van der Waals surface area contributed by atoms with Crippen LogP contribution < -0.4 is 16.0 Å². The second-order valence-electron chi connectivity index (χ2n) is 13.7. The highest BCUT2D eigenvalue weighted by atomic mass is 31.2. The summed E-state index contributed by atoms with van der Waals surface area (Å²) in [5.41, 5.74) is 1.06. The van der Waals surface area contributed by atoms with Crippen LogP contribution in [0.4, 0.5) is 4.79 Å². The Morgan fingerprint density at radius 3 is 2.34 bits per heavy atom. The van der Waals surface area contributed by atoms with E-state index in [0.29, 0.717) is 17.4 Å². The van der Waals surface area contributed by atoms with E-state index in [9.17, 15) is 23.8 Å². The minimum atomic E-state index is -4.12. The number of carbonyl (C=O) groups excluding carboxylic acids is 3. The summed E-state index contributed by atoms with van der Waals surface area (Å²) in [6.07, 6.45) is 6.26. The predicted molar refractivity (Wildman–Crippen MR) is 178 cm³/mol. The van der Waals surface area contributed by atoms with Gasteiger partial charge in [0.2, 0.25) is 11.8 Å². The van der Waals surface area contributed by atoms with Crippen molar-refractivity contribution in [1.29, 1.82) is 0 Å². The van der Waals surface area contributed by atoms with Crippen LogP contribution in [0.1, 0.15) is 63.1 Å². The predicted octanol–water partition coefficient (Wildman–Crippen LogP) is 5.22. The molecule has 4 aliphatic rings. The fourth-order valence-corrected chi connectivity index (χ4v) is 9.23. The third kappa shape index (κ3) is 7.74. The molecule has 1 aromatic heterocycles. The highest BCUT2D eigenvalue weighted by Crippen LogP contribution is 2.54. The van der Waals surface area contributed by atoms with E-state index in [2.05, 4.69) is 20.9 Å². The molecule has 4 saturated carbocycles. The number of aromatic amines is 1. The maximum Gasteiger partial charge on any atom is 0.408 e. The molecular formula is C35H45N4O7P. The number of nitrogens with one attached hydrogen (secondary N) is 4. The zero-order valence-corrected chi connectivity index (χ0v) is 27.8. The second-order valence-corrected chi connectivity index (χ2v) is 15.6. The number of hydrogen-bond donors (Lipinski definition) is 5. The van der Waals surface area contributed by atoms with Gasteiger partial charge in [0.15, 0.2) is 0 Å². The Labute approximate surface area is 275 Å². The van der Waals surface area contributed by atoms with Crippen molar-refractivity contribution in [3.8, 4) is 0 Å². The lowest BCUT2D eigenvalue weighted by Crippen LogP contribution is -2.60. The Kier molecular flexibility index (Phi) is 9.78. The highest BCUT2D eigenvalue weighted by molar-refractivity contribution is 7.53. The summed E-state index contributed by atoms with van der Waals surface area (Å²) in [4.78, 5) is 53.8. The fraction of sp³-hybridized carbons (Fsp3) is 0.514. The van der Waals surface area contributed by atoms with Gasteiger partial charge in [-0.15, -0.1) is 0 Å². The standard InChI is InChI=1S/C35H45N4O7P/c1-3-45-47(43,44)21-31(40)38-30(24-9-5-4-6-10-24)20-37-33(41)35(2,18-27-19-36-29-12-8-7-11-28(27)29)39-34(42)46-32-25-14-22-13-23(16-25)17-26(32)15-22/h4-12,19,22-23,25-26,30,32,36H,3,13-18,20-21H2,1-2H3,(H,37,41)(H,38,40)(H,39,42)(H,43,44)/t22?,23?,25?,26?,30-,32?,35-/m1/s1. The summed E-state index contributed by atoms with van der Waals surface area (Å²) in [5.74, 6) is 1.07. The van der Waals surface area contributed by atoms with E-state index >= 15 is 0 Å². The van der Waals surface area contributed by atoms with Crippen LogP contribution in [-0.2, 0) is 29.8 Å². The maximum absolute atomic E-state index is 14.1. The molecule has 47 heavy (non-hydrogen) atoms. The molecule has 0 spiro atoms. The molecule has 3 amide bonds. The van der Waals surface area contributed by atoms with Crippen LogP contribution in [0.2, 0.25) is 0 Å². The minimum absolute atomic E-state index is 0.00717. The number of para-hydroxylation sites is 1. The minimum Gasteiger partial charge on any atom is -0.446 e. The van der Waals surface area contributed by atoms with Gasteiger partial charge in [0.05, 0.1) is 12.6 Å². The molecular weight excluding hydrogens is 619 g/mol. The first-order valence-electron chi connectivity index (χ1n) is 16.6. The SMILES string of the molecule is CCOP(=O)(O)CC(=O)N[C@H](CNC(=O)[C@@](C)(Cc1c[nH]c2ccccc12)NC(=O)OC1C2CC3CC(C2)CC1C3)c1ccccc1. The molecule has 4 bridgehead atoms. The summed E-state index contributed by atoms with van der Waals surface area (Å²) in [5, 5.41) is 9.59. The zero-order chi connectivity index (χ0) is 33.2. The van der Waals surface area contributed by atoms with Crippen LogP contribution in [0.25, 0.3) is 10.9 Å². The molecule has 0 aliphatic heterocycles. The van der Waals surface area contributed by atoms with E-state index in [1.54, 1.807) is 38.1 Å². The van der Waals surface area contributed by atoms with Gasteiger partial charge in [0, 0.05) is 30.1 Å². The topological polar surface area (TPSA) is 159 Å². The van der Waals surface area contributed by atoms with Gasteiger partial charge in [0.1, 0.15) is 17.8 Å². The number of hydrogen-bond acceptors (Lipinski definition) is 6. The van der Waals surface area contributed by atoms with Crippen molar-refractivity contribution in [2.24, 2.45) is 23.7 Å². The van der Waals surface area contributed by atoms with Crippen molar-refractivity contribution in [3.05, 3.63) is 71.9 Å². The summed E-state index contributed by atoms with van der Waals surface area (Å²) in [6.45, 7) is 3.22. The van der Waals surface area contributed by atoms with Crippen molar-refractivity contribution >= 4 is 36.4 Å². The number of benzene rings is 2. The van der Waals surface area contributed by atoms with E-state index in [0.717, 1.165) is 54.0 Å². The van der Waals surface area contributed by atoms with E-state index in [1.165, 1.54) is 6.42 Å². The largest absolute Gasteiger partial charge is 0.446 e. The smallest absolute Gasteiger partial charge is 0.408 e. The number of aromatic nitrogens is 1. The lowest BCUT2D eigenvalue weighted by atomic mass is 9.55. The number of ether oxygens (including phenoxy) is 1. The molecule has 0 radical (unpaired) electrons. The molecule has 252 valence electrons. The Balaban J connectivity index is 1.19. The van der Waals surface area contributed by atoms with Gasteiger partial charge in [-0.1, -0.05) is 48.5 Å². The second kappa shape index (κ2) is 13.8. The lowest BCUT2D eigenvalue weighted by molar-refractivity contribution is -0.128. The molecule has 0 saturated heterocycles. The van der Waals surface area contributed by atoms with Crippen LogP contribution in [0.3, 0.4) is 0 Å². The average molecular weight is 665 g/mol. The molecule has 3 aromatic rings. The van der Waals surface area contributed by atoms with Crippen molar-refractivity contribution < 1.29 is 33.1 Å².